The van der Waals surface area contributed by atoms with E-state index in [-0.39, 0.29) is 0 Å². The third kappa shape index (κ3) is 4.83. The summed E-state index contributed by atoms with van der Waals surface area (Å²) in [5.74, 6) is 0.862. The number of hydrogen-bond acceptors (Lipinski definition) is 3. The summed E-state index contributed by atoms with van der Waals surface area (Å²) < 4.78 is 10.8. The maximum Gasteiger partial charge on any atom is 0.220 e. The maximum absolute atomic E-state index is 6.20. The van der Waals surface area contributed by atoms with Gasteiger partial charge in [-0.15, -0.1) is 0 Å². The molecule has 54 heavy (non-hydrogen) atoms. The van der Waals surface area contributed by atoms with Crippen molar-refractivity contribution in [3.8, 4) is 27.9 Å². The molecular formula is C49H32N4O. The van der Waals surface area contributed by atoms with Crippen molar-refractivity contribution in [2.75, 3.05) is 4.90 Å². The quantitative estimate of drug-likeness (QED) is 0.174. The van der Waals surface area contributed by atoms with Gasteiger partial charge in [0.1, 0.15) is 11.2 Å². The van der Waals surface area contributed by atoms with Crippen LogP contribution in [0, 0.1) is 0 Å². The van der Waals surface area contributed by atoms with Crippen LogP contribution >= 0.6 is 0 Å². The van der Waals surface area contributed by atoms with Gasteiger partial charge in [0.2, 0.25) is 5.78 Å². The minimum absolute atomic E-state index is 0.862. The van der Waals surface area contributed by atoms with E-state index < -0.39 is 0 Å². The molecule has 5 nitrogen and oxygen atoms in total. The van der Waals surface area contributed by atoms with Gasteiger partial charge in [-0.3, -0.25) is 8.97 Å². The second-order valence-electron chi connectivity index (χ2n) is 13.7. The molecule has 0 fully saturated rings. The predicted octanol–water partition coefficient (Wildman–Crippen LogP) is 13.1. The molecule has 3 aromatic heterocycles. The summed E-state index contributed by atoms with van der Waals surface area (Å²) in [6, 6.07) is 68.6. The van der Waals surface area contributed by atoms with Gasteiger partial charge < -0.3 is 9.32 Å². The van der Waals surface area contributed by atoms with Gasteiger partial charge in [-0.05, 0) is 101 Å². The normalized spacial score (nSPS) is 11.7. The smallest absolute Gasteiger partial charge is 0.220 e. The number of imidazole rings is 2. The van der Waals surface area contributed by atoms with E-state index in [1.165, 1.54) is 22.3 Å². The van der Waals surface area contributed by atoms with Crippen molar-refractivity contribution in [2.45, 2.75) is 0 Å². The number of benzene rings is 8. The molecule has 3 heterocycles. The minimum atomic E-state index is 0.862. The van der Waals surface area contributed by atoms with Crippen LogP contribution < -0.4 is 4.90 Å². The number of nitrogens with zero attached hydrogens (tertiary/aromatic N) is 4. The number of hydrogen-bond donors (Lipinski definition) is 0. The highest BCUT2D eigenvalue weighted by Gasteiger charge is 2.21. The monoisotopic (exact) mass is 692 g/mol. The van der Waals surface area contributed by atoms with Crippen molar-refractivity contribution >= 4 is 66.8 Å². The van der Waals surface area contributed by atoms with Crippen molar-refractivity contribution in [3.05, 3.63) is 194 Å². The fraction of sp³-hybridized carbons (Fsp3) is 0. The molecule has 0 saturated heterocycles. The summed E-state index contributed by atoms with van der Waals surface area (Å²) in [7, 11) is 0. The largest absolute Gasteiger partial charge is 0.456 e. The molecule has 11 rings (SSSR count). The molecule has 0 radical (unpaired) electrons. The third-order valence-corrected chi connectivity index (χ3v) is 10.5. The van der Waals surface area contributed by atoms with E-state index in [0.717, 1.165) is 72.5 Å². The Morgan fingerprint density at radius 2 is 0.981 bits per heavy atom. The van der Waals surface area contributed by atoms with Crippen molar-refractivity contribution in [1.29, 1.82) is 0 Å². The third-order valence-electron chi connectivity index (χ3n) is 10.5. The fourth-order valence-corrected chi connectivity index (χ4v) is 7.95. The van der Waals surface area contributed by atoms with Crippen molar-refractivity contribution < 1.29 is 4.42 Å². The molecule has 0 aliphatic rings. The highest BCUT2D eigenvalue weighted by molar-refractivity contribution is 6.06. The molecule has 254 valence electrons. The van der Waals surface area contributed by atoms with E-state index in [0.29, 0.717) is 0 Å². The summed E-state index contributed by atoms with van der Waals surface area (Å²) in [5.41, 5.74) is 14.9. The Morgan fingerprint density at radius 3 is 1.69 bits per heavy atom. The Morgan fingerprint density at radius 1 is 0.407 bits per heavy atom. The van der Waals surface area contributed by atoms with Crippen molar-refractivity contribution in [3.63, 3.8) is 0 Å². The second kappa shape index (κ2) is 12.1. The number of furan rings is 1. The van der Waals surface area contributed by atoms with Crippen LogP contribution in [0.2, 0.25) is 0 Å². The Hall–Kier alpha value is -7.37. The highest BCUT2D eigenvalue weighted by Crippen LogP contribution is 2.40. The Labute approximate surface area is 311 Å². The van der Waals surface area contributed by atoms with E-state index in [1.807, 2.05) is 12.1 Å². The van der Waals surface area contributed by atoms with Crippen LogP contribution in [0.15, 0.2) is 199 Å². The molecule has 5 heteroatoms. The molecule has 0 bridgehead atoms. The topological polar surface area (TPSA) is 38.6 Å². The Kier molecular flexibility index (Phi) is 6.79. The van der Waals surface area contributed by atoms with Crippen LogP contribution in [0.1, 0.15) is 0 Å². The average Bonchev–Trinajstić information content (AvgIpc) is 3.90. The number of para-hydroxylation sites is 3. The lowest BCUT2D eigenvalue weighted by Gasteiger charge is -2.26. The average molecular weight is 693 g/mol. The number of rotatable bonds is 6. The first-order valence-corrected chi connectivity index (χ1v) is 18.2. The molecule has 0 aliphatic carbocycles. The molecule has 0 spiro atoms. The van der Waals surface area contributed by atoms with Gasteiger partial charge in [0, 0.05) is 27.8 Å². The van der Waals surface area contributed by atoms with E-state index in [2.05, 4.69) is 196 Å². The predicted molar refractivity (Wildman–Crippen MR) is 222 cm³/mol. The van der Waals surface area contributed by atoms with Crippen LogP contribution in [-0.2, 0) is 0 Å². The lowest BCUT2D eigenvalue weighted by Crippen LogP contribution is -2.10. The summed E-state index contributed by atoms with van der Waals surface area (Å²) in [4.78, 5) is 7.56. The second-order valence-corrected chi connectivity index (χ2v) is 13.7. The summed E-state index contributed by atoms with van der Waals surface area (Å²) in [6.07, 6.45) is 0. The van der Waals surface area contributed by atoms with Gasteiger partial charge in [0.15, 0.2) is 0 Å². The van der Waals surface area contributed by atoms with Gasteiger partial charge in [-0.2, -0.15) is 0 Å². The Bertz CT molecular complexity index is 3050. The standard InChI is InChI=1S/C49H32N4O/c1-3-11-33(12-4-1)35-19-23-37(24-20-35)51(38-25-21-36(22-26-38)34-13-5-2-6-14-34)40-27-29-45-46(32-40)53-44-17-9-8-16-43(44)50-49(53)52(45)39-28-30-48-42(31-39)41-15-7-10-18-47(41)54-48/h1-32H. The van der Waals surface area contributed by atoms with Gasteiger partial charge in [-0.1, -0.05) is 115 Å². The fourth-order valence-electron chi connectivity index (χ4n) is 7.95. The van der Waals surface area contributed by atoms with Gasteiger partial charge in [0.25, 0.3) is 0 Å². The number of anilines is 3. The summed E-state index contributed by atoms with van der Waals surface area (Å²) >= 11 is 0. The first kappa shape index (κ1) is 30.3. The highest BCUT2D eigenvalue weighted by atomic mass is 16.3. The summed E-state index contributed by atoms with van der Waals surface area (Å²) in [5, 5.41) is 2.18. The minimum Gasteiger partial charge on any atom is -0.456 e. The van der Waals surface area contributed by atoms with Crippen LogP contribution in [-0.4, -0.2) is 14.0 Å². The molecule has 0 unspecified atom stereocenters. The van der Waals surface area contributed by atoms with Crippen LogP contribution in [0.5, 0.6) is 0 Å². The molecule has 0 atom stereocenters. The lowest BCUT2D eigenvalue weighted by atomic mass is 10.0. The molecule has 0 amide bonds. The Balaban J connectivity index is 1.12. The lowest BCUT2D eigenvalue weighted by molar-refractivity contribution is 0.669. The molecule has 0 aliphatic heterocycles. The van der Waals surface area contributed by atoms with Crippen molar-refractivity contribution in [1.82, 2.24) is 14.0 Å². The van der Waals surface area contributed by atoms with E-state index in [1.54, 1.807) is 0 Å². The van der Waals surface area contributed by atoms with Crippen molar-refractivity contribution in [2.24, 2.45) is 0 Å². The number of aromatic nitrogens is 3. The maximum atomic E-state index is 6.20. The summed E-state index contributed by atoms with van der Waals surface area (Å²) in [6.45, 7) is 0. The van der Waals surface area contributed by atoms with Crippen LogP contribution in [0.4, 0.5) is 17.1 Å². The van der Waals surface area contributed by atoms with E-state index in [4.69, 9.17) is 9.40 Å². The SMILES string of the molecule is c1ccc(-c2ccc(N(c3ccc(-c4ccccc4)cc3)c3ccc4c(c3)n3c5ccccc5nc3n4-c3ccc4oc5ccccc5c4c3)cc2)cc1. The molecule has 0 N–H and O–H groups in total. The zero-order chi connectivity index (χ0) is 35.6. The molecule has 0 saturated carbocycles. The number of fused-ring (bicyclic) bond motifs is 8. The van der Waals surface area contributed by atoms with Gasteiger partial charge in [0.05, 0.1) is 27.8 Å². The van der Waals surface area contributed by atoms with Gasteiger partial charge >= 0.3 is 0 Å². The molecule has 8 aromatic carbocycles. The zero-order valence-electron chi connectivity index (χ0n) is 29.2. The zero-order valence-corrected chi connectivity index (χ0v) is 29.2. The van der Waals surface area contributed by atoms with Crippen LogP contribution in [0.3, 0.4) is 0 Å². The van der Waals surface area contributed by atoms with E-state index in [9.17, 15) is 0 Å². The van der Waals surface area contributed by atoms with Crippen LogP contribution in [0.25, 0.3) is 77.7 Å². The molecular weight excluding hydrogens is 661 g/mol. The van der Waals surface area contributed by atoms with Gasteiger partial charge in [-0.25, -0.2) is 4.98 Å². The van der Waals surface area contributed by atoms with E-state index >= 15 is 0 Å². The first-order valence-electron chi connectivity index (χ1n) is 18.2. The first-order chi connectivity index (χ1) is 26.8. The molecule has 11 aromatic rings.